The van der Waals surface area contributed by atoms with Crippen LogP contribution in [0, 0.1) is 13.8 Å². The van der Waals surface area contributed by atoms with Gasteiger partial charge in [0.15, 0.2) is 0 Å². The van der Waals surface area contributed by atoms with Gasteiger partial charge in [-0.3, -0.25) is 0 Å². The Morgan fingerprint density at radius 2 is 1.87 bits per heavy atom. The Morgan fingerprint density at radius 3 is 2.40 bits per heavy atom. The van der Waals surface area contributed by atoms with E-state index in [0.717, 1.165) is 23.9 Å². The van der Waals surface area contributed by atoms with Crippen LogP contribution in [0.15, 0.2) is 12.1 Å². The van der Waals surface area contributed by atoms with E-state index in [4.69, 9.17) is 11.6 Å². The fourth-order valence-electron chi connectivity index (χ4n) is 1.61. The predicted molar refractivity (Wildman–Crippen MR) is 71.0 cm³/mol. The van der Waals surface area contributed by atoms with Gasteiger partial charge in [-0.1, -0.05) is 11.6 Å². The van der Waals surface area contributed by atoms with Crippen LogP contribution >= 0.6 is 23.4 Å². The van der Waals surface area contributed by atoms with Crippen LogP contribution in [0.1, 0.15) is 16.7 Å². The summed E-state index contributed by atoms with van der Waals surface area (Å²) in [6.45, 7) is 6.23. The van der Waals surface area contributed by atoms with E-state index in [0.29, 0.717) is 0 Å². The van der Waals surface area contributed by atoms with Crippen LogP contribution in [-0.2, 0) is 6.54 Å². The summed E-state index contributed by atoms with van der Waals surface area (Å²) in [7, 11) is 0. The number of hydrogen-bond acceptors (Lipinski definition) is 2. The Balaban J connectivity index is 2.60. The van der Waals surface area contributed by atoms with Crippen molar-refractivity contribution in [1.29, 1.82) is 0 Å². The Kier molecular flexibility index (Phi) is 5.51. The first-order valence-corrected chi connectivity index (χ1v) is 6.87. The zero-order valence-electron chi connectivity index (χ0n) is 9.56. The van der Waals surface area contributed by atoms with E-state index in [-0.39, 0.29) is 0 Å². The lowest BCUT2D eigenvalue weighted by atomic mass is 10.0. The molecular formula is C12H18ClNS. The van der Waals surface area contributed by atoms with Crippen LogP contribution in [0.4, 0.5) is 0 Å². The SMILES string of the molecule is CSCCNCc1c(C)cc(Cl)cc1C. The van der Waals surface area contributed by atoms with E-state index < -0.39 is 0 Å². The summed E-state index contributed by atoms with van der Waals surface area (Å²) in [6, 6.07) is 4.06. The van der Waals surface area contributed by atoms with Gasteiger partial charge in [0.25, 0.3) is 0 Å². The summed E-state index contributed by atoms with van der Waals surface area (Å²) in [5, 5.41) is 4.27. The highest BCUT2D eigenvalue weighted by Gasteiger charge is 2.03. The Labute approximate surface area is 102 Å². The summed E-state index contributed by atoms with van der Waals surface area (Å²) >= 11 is 7.85. The quantitative estimate of drug-likeness (QED) is 0.796. The molecular weight excluding hydrogens is 226 g/mol. The molecule has 0 saturated carbocycles. The minimum Gasteiger partial charge on any atom is -0.312 e. The number of nitrogens with one attached hydrogen (secondary N) is 1. The molecule has 1 nitrogen and oxygen atoms in total. The van der Waals surface area contributed by atoms with Crippen LogP contribution in [0.5, 0.6) is 0 Å². The van der Waals surface area contributed by atoms with Gasteiger partial charge in [0, 0.05) is 23.9 Å². The number of aryl methyl sites for hydroxylation is 2. The normalized spacial score (nSPS) is 10.7. The molecule has 0 bridgehead atoms. The van der Waals surface area contributed by atoms with Crippen molar-refractivity contribution >= 4 is 23.4 Å². The highest BCUT2D eigenvalue weighted by Crippen LogP contribution is 2.19. The van der Waals surface area contributed by atoms with Crippen LogP contribution in [0.2, 0.25) is 5.02 Å². The fourth-order valence-corrected chi connectivity index (χ4v) is 2.28. The van der Waals surface area contributed by atoms with Crippen molar-refractivity contribution in [2.75, 3.05) is 18.6 Å². The second kappa shape index (κ2) is 6.41. The van der Waals surface area contributed by atoms with Crippen molar-refractivity contribution in [3.63, 3.8) is 0 Å². The number of thioether (sulfide) groups is 1. The van der Waals surface area contributed by atoms with Crippen LogP contribution < -0.4 is 5.32 Å². The Morgan fingerprint density at radius 1 is 1.27 bits per heavy atom. The molecule has 0 aliphatic rings. The second-order valence-corrected chi connectivity index (χ2v) is 5.11. The minimum absolute atomic E-state index is 0.831. The van der Waals surface area contributed by atoms with Crippen LogP contribution in [0.25, 0.3) is 0 Å². The average molecular weight is 244 g/mol. The zero-order valence-corrected chi connectivity index (χ0v) is 11.1. The van der Waals surface area contributed by atoms with Crippen LogP contribution in [0.3, 0.4) is 0 Å². The lowest BCUT2D eigenvalue weighted by Crippen LogP contribution is -2.17. The summed E-state index contributed by atoms with van der Waals surface area (Å²) < 4.78 is 0. The van der Waals surface area contributed by atoms with Gasteiger partial charge < -0.3 is 5.32 Å². The van der Waals surface area contributed by atoms with Crippen molar-refractivity contribution in [3.8, 4) is 0 Å². The van der Waals surface area contributed by atoms with Crippen molar-refractivity contribution in [2.45, 2.75) is 20.4 Å². The maximum absolute atomic E-state index is 5.98. The smallest absolute Gasteiger partial charge is 0.0411 e. The third-order valence-electron chi connectivity index (χ3n) is 2.45. The molecule has 3 heteroatoms. The van der Waals surface area contributed by atoms with Crippen molar-refractivity contribution in [3.05, 3.63) is 33.8 Å². The molecule has 1 N–H and O–H groups in total. The largest absolute Gasteiger partial charge is 0.312 e. The second-order valence-electron chi connectivity index (χ2n) is 3.69. The first-order valence-electron chi connectivity index (χ1n) is 5.10. The highest BCUT2D eigenvalue weighted by molar-refractivity contribution is 7.98. The predicted octanol–water partition coefficient (Wildman–Crippen LogP) is 3.41. The van der Waals surface area contributed by atoms with Gasteiger partial charge in [0.05, 0.1) is 0 Å². The van der Waals surface area contributed by atoms with Gasteiger partial charge in [-0.15, -0.1) is 0 Å². The topological polar surface area (TPSA) is 12.0 Å². The number of halogens is 1. The molecule has 0 aromatic heterocycles. The standard InChI is InChI=1S/C12H18ClNS/c1-9-6-11(13)7-10(2)12(9)8-14-4-5-15-3/h6-7,14H,4-5,8H2,1-3H3. The monoisotopic (exact) mass is 243 g/mol. The molecule has 15 heavy (non-hydrogen) atoms. The molecule has 1 rings (SSSR count). The summed E-state index contributed by atoms with van der Waals surface area (Å²) in [4.78, 5) is 0. The number of rotatable bonds is 5. The molecule has 0 spiro atoms. The van der Waals surface area contributed by atoms with Gasteiger partial charge in [-0.2, -0.15) is 11.8 Å². The van der Waals surface area contributed by atoms with E-state index in [1.165, 1.54) is 16.7 Å². The van der Waals surface area contributed by atoms with Gasteiger partial charge in [0.2, 0.25) is 0 Å². The third-order valence-corrected chi connectivity index (χ3v) is 3.28. The lowest BCUT2D eigenvalue weighted by Gasteiger charge is -2.11. The van der Waals surface area contributed by atoms with Crippen molar-refractivity contribution < 1.29 is 0 Å². The summed E-state index contributed by atoms with van der Waals surface area (Å²) in [5.74, 6) is 1.16. The van der Waals surface area contributed by atoms with Gasteiger partial charge in [-0.05, 0) is 48.9 Å². The molecule has 0 radical (unpaired) electrons. The summed E-state index contributed by atoms with van der Waals surface area (Å²) in [6.07, 6.45) is 2.13. The van der Waals surface area contributed by atoms with Crippen molar-refractivity contribution in [1.82, 2.24) is 5.32 Å². The van der Waals surface area contributed by atoms with E-state index >= 15 is 0 Å². The zero-order chi connectivity index (χ0) is 11.3. The Hall–Kier alpha value is -0.180. The first kappa shape index (κ1) is 12.9. The minimum atomic E-state index is 0.831. The third kappa shape index (κ3) is 4.06. The molecule has 0 atom stereocenters. The molecule has 84 valence electrons. The molecule has 0 heterocycles. The highest BCUT2D eigenvalue weighted by atomic mass is 35.5. The molecule has 0 saturated heterocycles. The molecule has 0 unspecified atom stereocenters. The van der Waals surface area contributed by atoms with Gasteiger partial charge >= 0.3 is 0 Å². The number of hydrogen-bond donors (Lipinski definition) is 1. The Bertz CT molecular complexity index is 302. The lowest BCUT2D eigenvalue weighted by molar-refractivity contribution is 0.725. The number of benzene rings is 1. The summed E-state index contributed by atoms with van der Waals surface area (Å²) in [5.41, 5.74) is 3.92. The van der Waals surface area contributed by atoms with Gasteiger partial charge in [0.1, 0.15) is 0 Å². The van der Waals surface area contributed by atoms with E-state index in [1.807, 2.05) is 23.9 Å². The molecule has 1 aromatic rings. The maximum atomic E-state index is 5.98. The van der Waals surface area contributed by atoms with E-state index in [2.05, 4.69) is 25.4 Å². The van der Waals surface area contributed by atoms with Crippen molar-refractivity contribution in [2.24, 2.45) is 0 Å². The van der Waals surface area contributed by atoms with Gasteiger partial charge in [-0.25, -0.2) is 0 Å². The molecule has 1 aromatic carbocycles. The maximum Gasteiger partial charge on any atom is 0.0411 e. The van der Waals surface area contributed by atoms with Crippen LogP contribution in [-0.4, -0.2) is 18.6 Å². The fraction of sp³-hybridized carbons (Fsp3) is 0.500. The molecule has 0 aliphatic heterocycles. The average Bonchev–Trinajstić information content (AvgIpc) is 2.15. The molecule has 0 fully saturated rings. The first-order chi connectivity index (χ1) is 7.15. The molecule has 0 amide bonds. The van der Waals surface area contributed by atoms with E-state index in [1.54, 1.807) is 0 Å². The van der Waals surface area contributed by atoms with E-state index in [9.17, 15) is 0 Å². The molecule has 0 aliphatic carbocycles.